The van der Waals surface area contributed by atoms with Gasteiger partial charge in [0.25, 0.3) is 5.91 Å². The summed E-state index contributed by atoms with van der Waals surface area (Å²) in [7, 11) is 3.55. The van der Waals surface area contributed by atoms with Gasteiger partial charge in [-0.3, -0.25) is 33.8 Å². The van der Waals surface area contributed by atoms with Crippen LogP contribution < -0.4 is 21.2 Å². The van der Waals surface area contributed by atoms with E-state index in [2.05, 4.69) is 37.3 Å². The molecule has 2 aliphatic rings. The quantitative estimate of drug-likeness (QED) is 0.200. The standard InChI is InChI=1S/C39H34N8O5/c1-22-16-24(36-42-20-32-29(43-36)7-5-15-47(32)25-9-11-30-31(18-25)46(3)39(51)45(30)2)19-41-35(22)38(50)40-14-4-6-23-8-12-33-27(17-23)28(21-52-33)26-10-13-34(48)44-37(26)49/h8-9,11-12,16-21,26H,5,7,10,13-15H2,1-3H3,(H,40,50)(H,44,48,49). The zero-order valence-corrected chi connectivity index (χ0v) is 28.8. The Balaban J connectivity index is 0.946. The van der Waals surface area contributed by atoms with Gasteiger partial charge in [0.1, 0.15) is 11.3 Å². The zero-order valence-electron chi connectivity index (χ0n) is 28.8. The van der Waals surface area contributed by atoms with Crippen molar-refractivity contribution in [2.75, 3.05) is 18.0 Å². The summed E-state index contributed by atoms with van der Waals surface area (Å²) in [4.78, 5) is 65.8. The molecule has 2 aromatic carbocycles. The lowest BCUT2D eigenvalue weighted by molar-refractivity contribution is -0.134. The number of fused-ring (bicyclic) bond motifs is 3. The van der Waals surface area contributed by atoms with E-state index in [4.69, 9.17) is 9.40 Å². The van der Waals surface area contributed by atoms with Crippen LogP contribution in [-0.2, 0) is 30.1 Å². The number of aryl methyl sites for hydroxylation is 4. The lowest BCUT2D eigenvalue weighted by Gasteiger charge is -2.30. The van der Waals surface area contributed by atoms with Crippen molar-refractivity contribution in [1.82, 2.24) is 34.7 Å². The number of nitrogens with one attached hydrogen (secondary N) is 2. The molecular weight excluding hydrogens is 660 g/mol. The van der Waals surface area contributed by atoms with Gasteiger partial charge in [0.2, 0.25) is 11.8 Å². The SMILES string of the molecule is Cc1cc(-c2ncc3c(n2)CCCN3c2ccc3c(c2)n(C)c(=O)n3C)cnc1C(=O)NCC#Cc1ccc2occ(C3CCC(=O)NC3=O)c2c1. The molecule has 52 heavy (non-hydrogen) atoms. The zero-order chi connectivity index (χ0) is 36.1. The van der Waals surface area contributed by atoms with E-state index < -0.39 is 5.92 Å². The van der Waals surface area contributed by atoms with E-state index in [1.54, 1.807) is 41.8 Å². The lowest BCUT2D eigenvalue weighted by Crippen LogP contribution is -2.39. The first-order chi connectivity index (χ1) is 25.2. The molecular formula is C39H34N8O5. The molecule has 4 aromatic heterocycles. The fourth-order valence-electron chi connectivity index (χ4n) is 7.09. The molecule has 13 heteroatoms. The number of pyridine rings is 1. The fraction of sp³-hybridized carbons (Fsp3) is 0.256. The van der Waals surface area contributed by atoms with Gasteiger partial charge in [-0.05, 0) is 74.2 Å². The Morgan fingerprint density at radius 3 is 2.69 bits per heavy atom. The summed E-state index contributed by atoms with van der Waals surface area (Å²) in [5.74, 6) is 5.17. The smallest absolute Gasteiger partial charge is 0.328 e. The molecule has 6 heterocycles. The van der Waals surface area contributed by atoms with Gasteiger partial charge in [0.15, 0.2) is 5.82 Å². The summed E-state index contributed by atoms with van der Waals surface area (Å²) >= 11 is 0. The highest BCUT2D eigenvalue weighted by Crippen LogP contribution is 2.35. The number of imidazole rings is 1. The molecule has 1 fully saturated rings. The number of furan rings is 1. The van der Waals surface area contributed by atoms with Crippen LogP contribution in [0.1, 0.15) is 58.1 Å². The van der Waals surface area contributed by atoms with Crippen molar-refractivity contribution in [3.63, 3.8) is 0 Å². The Labute approximate surface area is 297 Å². The van der Waals surface area contributed by atoms with Crippen LogP contribution in [0, 0.1) is 18.8 Å². The number of anilines is 2. The van der Waals surface area contributed by atoms with Gasteiger partial charge < -0.3 is 14.6 Å². The van der Waals surface area contributed by atoms with Crippen LogP contribution in [0.25, 0.3) is 33.4 Å². The van der Waals surface area contributed by atoms with Gasteiger partial charge in [-0.1, -0.05) is 11.8 Å². The summed E-state index contributed by atoms with van der Waals surface area (Å²) < 4.78 is 8.95. The molecule has 0 saturated carbocycles. The minimum Gasteiger partial charge on any atom is -0.464 e. The summed E-state index contributed by atoms with van der Waals surface area (Å²) in [6, 6.07) is 13.3. The van der Waals surface area contributed by atoms with Gasteiger partial charge in [-0.2, -0.15) is 0 Å². The third-order valence-electron chi connectivity index (χ3n) is 9.84. The molecule has 1 atom stereocenters. The number of aromatic nitrogens is 5. The van der Waals surface area contributed by atoms with Crippen molar-refractivity contribution in [2.45, 2.75) is 38.5 Å². The third kappa shape index (κ3) is 5.77. The molecule has 1 unspecified atom stereocenters. The topological polar surface area (TPSA) is 157 Å². The highest BCUT2D eigenvalue weighted by molar-refractivity contribution is 6.02. The van der Waals surface area contributed by atoms with Gasteiger partial charge in [-0.15, -0.1) is 0 Å². The second-order valence-electron chi connectivity index (χ2n) is 13.1. The number of hydrogen-bond donors (Lipinski definition) is 2. The van der Waals surface area contributed by atoms with E-state index in [0.29, 0.717) is 34.5 Å². The molecule has 13 nitrogen and oxygen atoms in total. The van der Waals surface area contributed by atoms with Crippen molar-refractivity contribution in [2.24, 2.45) is 14.1 Å². The monoisotopic (exact) mass is 694 g/mol. The first-order valence-electron chi connectivity index (χ1n) is 17.0. The van der Waals surface area contributed by atoms with Crippen LogP contribution >= 0.6 is 0 Å². The molecule has 0 bridgehead atoms. The van der Waals surface area contributed by atoms with E-state index in [1.807, 2.05) is 49.5 Å². The first-order valence-corrected chi connectivity index (χ1v) is 17.0. The third-order valence-corrected chi connectivity index (χ3v) is 9.84. The van der Waals surface area contributed by atoms with Crippen molar-refractivity contribution in [3.05, 3.63) is 99.7 Å². The Morgan fingerprint density at radius 1 is 1.02 bits per heavy atom. The van der Waals surface area contributed by atoms with E-state index >= 15 is 0 Å². The van der Waals surface area contributed by atoms with Crippen LogP contribution in [0.15, 0.2) is 70.3 Å². The minimum atomic E-state index is -0.464. The number of carbonyl (C=O) groups excluding carboxylic acids is 3. The maximum Gasteiger partial charge on any atom is 0.328 e. The number of nitrogens with zero attached hydrogens (tertiary/aromatic N) is 6. The number of hydrogen-bond acceptors (Lipinski definition) is 9. The summed E-state index contributed by atoms with van der Waals surface area (Å²) in [5, 5.41) is 5.98. The minimum absolute atomic E-state index is 0.0651. The maximum atomic E-state index is 13.1. The van der Waals surface area contributed by atoms with Gasteiger partial charge in [0, 0.05) is 61.0 Å². The number of piperidine rings is 1. The predicted octanol–water partition coefficient (Wildman–Crippen LogP) is 4.17. The Hall–Kier alpha value is -6.55. The second-order valence-corrected chi connectivity index (χ2v) is 13.1. The van der Waals surface area contributed by atoms with Crippen molar-refractivity contribution >= 4 is 51.1 Å². The molecule has 3 amide bonds. The average molecular weight is 695 g/mol. The number of benzene rings is 2. The molecule has 260 valence electrons. The number of imide groups is 1. The van der Waals surface area contributed by atoms with Crippen molar-refractivity contribution in [3.8, 4) is 23.2 Å². The number of carbonyl (C=O) groups is 3. The molecule has 8 rings (SSSR count). The van der Waals surface area contributed by atoms with Crippen LogP contribution in [0.5, 0.6) is 0 Å². The Bertz CT molecular complexity index is 2590. The largest absolute Gasteiger partial charge is 0.464 e. The molecule has 0 spiro atoms. The van der Waals surface area contributed by atoms with Crippen LogP contribution in [0.2, 0.25) is 0 Å². The molecule has 6 aromatic rings. The first kappa shape index (κ1) is 32.6. The number of amides is 3. The Morgan fingerprint density at radius 2 is 1.87 bits per heavy atom. The predicted molar refractivity (Wildman–Crippen MR) is 194 cm³/mol. The summed E-state index contributed by atoms with van der Waals surface area (Å²) in [6.45, 7) is 2.73. The molecule has 2 aliphatic heterocycles. The molecule has 0 aliphatic carbocycles. The van der Waals surface area contributed by atoms with Crippen LogP contribution in [0.4, 0.5) is 11.4 Å². The number of rotatable bonds is 5. The molecule has 2 N–H and O–H groups in total. The highest BCUT2D eigenvalue weighted by atomic mass is 16.3. The second kappa shape index (κ2) is 13.0. The van der Waals surface area contributed by atoms with Crippen molar-refractivity contribution < 1.29 is 18.8 Å². The van der Waals surface area contributed by atoms with E-state index in [-0.39, 0.29) is 42.1 Å². The molecule has 1 saturated heterocycles. The normalized spacial score (nSPS) is 15.7. The summed E-state index contributed by atoms with van der Waals surface area (Å²) in [6.07, 6.45) is 7.42. The van der Waals surface area contributed by atoms with E-state index in [0.717, 1.165) is 58.4 Å². The van der Waals surface area contributed by atoms with Gasteiger partial charge >= 0.3 is 5.69 Å². The Kier molecular flexibility index (Phi) is 8.14. The van der Waals surface area contributed by atoms with Crippen molar-refractivity contribution in [1.29, 1.82) is 0 Å². The van der Waals surface area contributed by atoms with Gasteiger partial charge in [-0.25, -0.2) is 14.8 Å². The fourth-order valence-corrected chi connectivity index (χ4v) is 7.09. The highest BCUT2D eigenvalue weighted by Gasteiger charge is 2.30. The average Bonchev–Trinajstić information content (AvgIpc) is 3.66. The molecule has 0 radical (unpaired) electrons. The van der Waals surface area contributed by atoms with Crippen LogP contribution in [0.3, 0.4) is 0 Å². The maximum absolute atomic E-state index is 13.1. The summed E-state index contributed by atoms with van der Waals surface area (Å²) in [5.41, 5.74) is 8.23. The lowest BCUT2D eigenvalue weighted by atomic mass is 9.90. The van der Waals surface area contributed by atoms with Gasteiger partial charge in [0.05, 0.1) is 47.3 Å². The van der Waals surface area contributed by atoms with E-state index in [9.17, 15) is 19.2 Å². The van der Waals surface area contributed by atoms with E-state index in [1.165, 1.54) is 0 Å². The van der Waals surface area contributed by atoms with Crippen LogP contribution in [-0.4, -0.2) is 54.9 Å².